The van der Waals surface area contributed by atoms with Gasteiger partial charge in [-0.25, -0.2) is 0 Å². The molecule has 0 unspecified atom stereocenters. The molecule has 0 fully saturated rings. The molecule has 20 heavy (non-hydrogen) atoms. The van der Waals surface area contributed by atoms with Crippen LogP contribution in [0.4, 0.5) is 0 Å². The van der Waals surface area contributed by atoms with Crippen LogP contribution in [0.5, 0.6) is 5.75 Å². The molecule has 0 heterocycles. The van der Waals surface area contributed by atoms with Gasteiger partial charge in [0.05, 0.1) is 16.5 Å². The minimum atomic E-state index is -0.119. The molecule has 0 radical (unpaired) electrons. The van der Waals surface area contributed by atoms with Gasteiger partial charge < -0.3 is 10.4 Å². The van der Waals surface area contributed by atoms with Crippen molar-refractivity contribution in [2.24, 2.45) is 0 Å². The maximum atomic E-state index is 11.8. The number of carbonyl (C=O) groups is 1. The SMILES string of the molecule is O=C(Cc1ccc(Cl)c(Cl)c1)NCc1cccc(O)c1. The minimum Gasteiger partial charge on any atom is -0.508 e. The van der Waals surface area contributed by atoms with Gasteiger partial charge in [-0.3, -0.25) is 4.79 Å². The fourth-order valence-corrected chi connectivity index (χ4v) is 2.09. The van der Waals surface area contributed by atoms with Crippen molar-refractivity contribution < 1.29 is 9.90 Å². The number of nitrogens with one attached hydrogen (secondary N) is 1. The number of hydrogen-bond donors (Lipinski definition) is 2. The van der Waals surface area contributed by atoms with Gasteiger partial charge in [-0.05, 0) is 35.4 Å². The maximum absolute atomic E-state index is 11.8. The molecular weight excluding hydrogens is 297 g/mol. The highest BCUT2D eigenvalue weighted by Gasteiger charge is 2.06. The van der Waals surface area contributed by atoms with Gasteiger partial charge in [0.25, 0.3) is 0 Å². The fraction of sp³-hybridized carbons (Fsp3) is 0.133. The monoisotopic (exact) mass is 309 g/mol. The lowest BCUT2D eigenvalue weighted by Crippen LogP contribution is -2.24. The summed E-state index contributed by atoms with van der Waals surface area (Å²) in [7, 11) is 0. The van der Waals surface area contributed by atoms with Crippen molar-refractivity contribution in [2.75, 3.05) is 0 Å². The molecule has 0 saturated carbocycles. The van der Waals surface area contributed by atoms with Crippen molar-refractivity contribution in [1.82, 2.24) is 5.32 Å². The van der Waals surface area contributed by atoms with Gasteiger partial charge in [-0.2, -0.15) is 0 Å². The van der Waals surface area contributed by atoms with E-state index < -0.39 is 0 Å². The zero-order valence-corrected chi connectivity index (χ0v) is 12.1. The average Bonchev–Trinajstić information content (AvgIpc) is 2.41. The average molecular weight is 310 g/mol. The fourth-order valence-electron chi connectivity index (χ4n) is 1.76. The number of hydrogen-bond acceptors (Lipinski definition) is 2. The number of phenols is 1. The Balaban J connectivity index is 1.91. The number of rotatable bonds is 4. The normalized spacial score (nSPS) is 10.3. The van der Waals surface area contributed by atoms with Crippen molar-refractivity contribution in [3.8, 4) is 5.75 Å². The van der Waals surface area contributed by atoms with Crippen LogP contribution in [0, 0.1) is 0 Å². The zero-order chi connectivity index (χ0) is 14.5. The summed E-state index contributed by atoms with van der Waals surface area (Å²) in [4.78, 5) is 11.8. The summed E-state index contributed by atoms with van der Waals surface area (Å²) in [6.07, 6.45) is 0.232. The van der Waals surface area contributed by atoms with Crippen LogP contribution in [-0.4, -0.2) is 11.0 Å². The Morgan fingerprint density at radius 2 is 1.85 bits per heavy atom. The van der Waals surface area contributed by atoms with Gasteiger partial charge in [0.2, 0.25) is 5.91 Å². The second kappa shape index (κ2) is 6.64. The van der Waals surface area contributed by atoms with Crippen molar-refractivity contribution in [2.45, 2.75) is 13.0 Å². The van der Waals surface area contributed by atoms with E-state index in [1.807, 2.05) is 6.07 Å². The Kier molecular flexibility index (Phi) is 4.88. The van der Waals surface area contributed by atoms with Crippen LogP contribution in [-0.2, 0) is 17.8 Å². The first-order valence-electron chi connectivity index (χ1n) is 6.03. The third-order valence-electron chi connectivity index (χ3n) is 2.75. The molecule has 0 atom stereocenters. The predicted molar refractivity (Wildman–Crippen MR) is 80.1 cm³/mol. The molecule has 1 amide bonds. The van der Waals surface area contributed by atoms with E-state index in [9.17, 15) is 9.90 Å². The third kappa shape index (κ3) is 4.15. The number of benzene rings is 2. The molecule has 2 aromatic carbocycles. The standard InChI is InChI=1S/C15H13Cl2NO2/c16-13-5-4-10(7-14(13)17)8-15(20)18-9-11-2-1-3-12(19)6-11/h1-7,19H,8-9H2,(H,18,20). The molecule has 2 aromatic rings. The molecule has 0 aliphatic heterocycles. The van der Waals surface area contributed by atoms with Gasteiger partial charge >= 0.3 is 0 Å². The number of aromatic hydroxyl groups is 1. The Morgan fingerprint density at radius 3 is 2.55 bits per heavy atom. The second-order valence-corrected chi connectivity index (χ2v) is 5.19. The number of halogens is 2. The summed E-state index contributed by atoms with van der Waals surface area (Å²) < 4.78 is 0. The van der Waals surface area contributed by atoms with E-state index in [2.05, 4.69) is 5.32 Å². The quantitative estimate of drug-likeness (QED) is 0.907. The predicted octanol–water partition coefficient (Wildman–Crippen LogP) is 3.56. The molecular formula is C15H13Cl2NO2. The molecule has 2 N–H and O–H groups in total. The summed E-state index contributed by atoms with van der Waals surface area (Å²) in [6, 6.07) is 11.9. The smallest absolute Gasteiger partial charge is 0.224 e. The second-order valence-electron chi connectivity index (χ2n) is 4.37. The van der Waals surface area contributed by atoms with Gasteiger partial charge in [0, 0.05) is 6.54 Å². The molecule has 5 heteroatoms. The van der Waals surface area contributed by atoms with Crippen LogP contribution in [0.2, 0.25) is 10.0 Å². The van der Waals surface area contributed by atoms with E-state index in [0.29, 0.717) is 16.6 Å². The summed E-state index contributed by atoms with van der Waals surface area (Å²) in [5, 5.41) is 13.0. The molecule has 2 rings (SSSR count). The van der Waals surface area contributed by atoms with Crippen molar-refractivity contribution in [3.63, 3.8) is 0 Å². The summed E-state index contributed by atoms with van der Waals surface area (Å²) in [5.74, 6) is 0.0629. The molecule has 3 nitrogen and oxygen atoms in total. The maximum Gasteiger partial charge on any atom is 0.224 e. The van der Waals surface area contributed by atoms with Crippen LogP contribution in [0.1, 0.15) is 11.1 Å². The van der Waals surface area contributed by atoms with Gasteiger partial charge in [0.15, 0.2) is 0 Å². The first-order valence-corrected chi connectivity index (χ1v) is 6.79. The summed E-state index contributed by atoms with van der Waals surface area (Å²) >= 11 is 11.7. The highest BCUT2D eigenvalue weighted by molar-refractivity contribution is 6.42. The van der Waals surface area contributed by atoms with E-state index >= 15 is 0 Å². The first-order chi connectivity index (χ1) is 9.54. The molecule has 0 bridgehead atoms. The molecule has 0 aliphatic carbocycles. The molecule has 0 aromatic heterocycles. The van der Waals surface area contributed by atoms with Gasteiger partial charge in [0.1, 0.15) is 5.75 Å². The molecule has 0 spiro atoms. The number of amides is 1. The zero-order valence-electron chi connectivity index (χ0n) is 10.6. The van der Waals surface area contributed by atoms with Crippen molar-refractivity contribution >= 4 is 29.1 Å². The third-order valence-corrected chi connectivity index (χ3v) is 3.49. The summed E-state index contributed by atoms with van der Waals surface area (Å²) in [5.41, 5.74) is 1.64. The van der Waals surface area contributed by atoms with E-state index in [1.54, 1.807) is 36.4 Å². The number of carbonyl (C=O) groups excluding carboxylic acids is 1. The van der Waals surface area contributed by atoms with Crippen LogP contribution < -0.4 is 5.32 Å². The topological polar surface area (TPSA) is 49.3 Å². The van der Waals surface area contributed by atoms with Crippen molar-refractivity contribution in [1.29, 1.82) is 0 Å². The van der Waals surface area contributed by atoms with E-state index in [-0.39, 0.29) is 18.1 Å². The van der Waals surface area contributed by atoms with Crippen molar-refractivity contribution in [3.05, 3.63) is 63.6 Å². The van der Waals surface area contributed by atoms with E-state index in [1.165, 1.54) is 0 Å². The molecule has 104 valence electrons. The van der Waals surface area contributed by atoms with Crippen LogP contribution in [0.25, 0.3) is 0 Å². The van der Waals surface area contributed by atoms with Gasteiger partial charge in [-0.15, -0.1) is 0 Å². The van der Waals surface area contributed by atoms with Crippen LogP contribution in [0.3, 0.4) is 0 Å². The first kappa shape index (κ1) is 14.7. The van der Waals surface area contributed by atoms with E-state index in [4.69, 9.17) is 23.2 Å². The number of phenolic OH excluding ortho intramolecular Hbond substituents is 1. The Bertz CT molecular complexity index is 629. The summed E-state index contributed by atoms with van der Waals surface area (Å²) in [6.45, 7) is 0.370. The lowest BCUT2D eigenvalue weighted by Gasteiger charge is -2.06. The minimum absolute atomic E-state index is 0.119. The largest absolute Gasteiger partial charge is 0.508 e. The van der Waals surface area contributed by atoms with E-state index in [0.717, 1.165) is 11.1 Å². The van der Waals surface area contributed by atoms with Crippen LogP contribution >= 0.6 is 23.2 Å². The molecule has 0 aliphatic rings. The Morgan fingerprint density at radius 1 is 1.05 bits per heavy atom. The van der Waals surface area contributed by atoms with Crippen LogP contribution in [0.15, 0.2) is 42.5 Å². The highest BCUT2D eigenvalue weighted by atomic mass is 35.5. The Hall–Kier alpha value is -1.71. The lowest BCUT2D eigenvalue weighted by molar-refractivity contribution is -0.120. The highest BCUT2D eigenvalue weighted by Crippen LogP contribution is 2.22. The lowest BCUT2D eigenvalue weighted by atomic mass is 10.1. The Labute approximate surface area is 127 Å². The van der Waals surface area contributed by atoms with Gasteiger partial charge in [-0.1, -0.05) is 41.4 Å². The molecule has 0 saturated heterocycles.